The second-order valence-corrected chi connectivity index (χ2v) is 3.37. The summed E-state index contributed by atoms with van der Waals surface area (Å²) in [6.07, 6.45) is -2.19. The fourth-order valence-electron chi connectivity index (χ4n) is 1.30. The van der Waals surface area contributed by atoms with Crippen molar-refractivity contribution in [1.29, 1.82) is 5.26 Å². The van der Waals surface area contributed by atoms with Gasteiger partial charge >= 0.3 is 6.18 Å². The highest BCUT2D eigenvalue weighted by Gasteiger charge is 2.33. The van der Waals surface area contributed by atoms with Gasteiger partial charge in [0.25, 0.3) is 0 Å². The third-order valence-corrected chi connectivity index (χ3v) is 2.12. The molecule has 0 saturated carbocycles. The Kier molecular flexibility index (Phi) is 4.16. The van der Waals surface area contributed by atoms with E-state index in [2.05, 4.69) is 11.9 Å². The zero-order chi connectivity index (χ0) is 12.9. The first-order chi connectivity index (χ1) is 7.99. The Bertz CT molecular complexity index is 444. The lowest BCUT2D eigenvalue weighted by molar-refractivity contribution is -0.137. The summed E-state index contributed by atoms with van der Waals surface area (Å²) >= 11 is 0. The molecule has 1 aromatic carbocycles. The van der Waals surface area contributed by atoms with Gasteiger partial charge in [-0.15, -0.1) is 6.58 Å². The van der Waals surface area contributed by atoms with Crippen LogP contribution in [0.5, 0.6) is 0 Å². The lowest BCUT2D eigenvalue weighted by Gasteiger charge is -2.11. The van der Waals surface area contributed by atoms with Crippen LogP contribution < -0.4 is 5.32 Å². The Labute approximate surface area is 97.4 Å². The summed E-state index contributed by atoms with van der Waals surface area (Å²) in [6, 6.07) is 5.10. The molecule has 1 N–H and O–H groups in total. The fraction of sp³-hybridized carbons (Fsp3) is 0.250. The van der Waals surface area contributed by atoms with Gasteiger partial charge in [0.2, 0.25) is 0 Å². The molecule has 2 nitrogen and oxygen atoms in total. The molecule has 0 spiro atoms. The highest BCUT2D eigenvalue weighted by Crippen LogP contribution is 2.33. The Morgan fingerprint density at radius 1 is 1.41 bits per heavy atom. The number of hydrogen-bond donors (Lipinski definition) is 1. The highest BCUT2D eigenvalue weighted by atomic mass is 19.4. The summed E-state index contributed by atoms with van der Waals surface area (Å²) in [5, 5.41) is 11.4. The van der Waals surface area contributed by atoms with Crippen LogP contribution in [0.2, 0.25) is 0 Å². The van der Waals surface area contributed by atoms with E-state index >= 15 is 0 Å². The highest BCUT2D eigenvalue weighted by molar-refractivity contribution is 5.53. The minimum atomic E-state index is -4.51. The molecule has 0 heterocycles. The standard InChI is InChI=1S/C12H11F3N2/c1-2-3-6-17-10-5-4-9(8-16)11(7-10)12(13,14)15/h2,4-5,7,17H,1,3,6H2. The van der Waals surface area contributed by atoms with Crippen molar-refractivity contribution in [1.82, 2.24) is 0 Å². The number of alkyl halides is 3. The molecule has 0 aromatic heterocycles. The average molecular weight is 240 g/mol. The van der Waals surface area contributed by atoms with Crippen molar-refractivity contribution in [3.05, 3.63) is 42.0 Å². The summed E-state index contributed by atoms with van der Waals surface area (Å²) < 4.78 is 37.8. The molecule has 0 bridgehead atoms. The predicted molar refractivity (Wildman–Crippen MR) is 59.5 cm³/mol. The van der Waals surface area contributed by atoms with Crippen molar-refractivity contribution in [3.8, 4) is 6.07 Å². The normalized spacial score (nSPS) is 10.7. The van der Waals surface area contributed by atoms with Gasteiger partial charge in [-0.2, -0.15) is 18.4 Å². The Balaban J connectivity index is 2.98. The molecule has 0 saturated heterocycles. The number of halogens is 3. The molecular weight excluding hydrogens is 229 g/mol. The van der Waals surface area contributed by atoms with E-state index in [1.165, 1.54) is 18.2 Å². The lowest BCUT2D eigenvalue weighted by Crippen LogP contribution is -2.09. The van der Waals surface area contributed by atoms with Crippen LogP contribution in [0.3, 0.4) is 0 Å². The molecule has 90 valence electrons. The third kappa shape index (κ3) is 3.52. The largest absolute Gasteiger partial charge is 0.417 e. The quantitative estimate of drug-likeness (QED) is 0.645. The molecule has 0 atom stereocenters. The van der Waals surface area contributed by atoms with E-state index in [0.29, 0.717) is 18.7 Å². The number of benzene rings is 1. The summed E-state index contributed by atoms with van der Waals surface area (Å²) in [5.41, 5.74) is -0.937. The minimum Gasteiger partial charge on any atom is -0.385 e. The second-order valence-electron chi connectivity index (χ2n) is 3.37. The van der Waals surface area contributed by atoms with Gasteiger partial charge < -0.3 is 5.32 Å². The summed E-state index contributed by atoms with van der Waals surface area (Å²) in [4.78, 5) is 0. The monoisotopic (exact) mass is 240 g/mol. The number of anilines is 1. The van der Waals surface area contributed by atoms with Gasteiger partial charge in [-0.1, -0.05) is 6.08 Å². The lowest BCUT2D eigenvalue weighted by atomic mass is 10.1. The summed E-state index contributed by atoms with van der Waals surface area (Å²) in [5.74, 6) is 0. The van der Waals surface area contributed by atoms with Crippen LogP contribution >= 0.6 is 0 Å². The van der Waals surface area contributed by atoms with E-state index in [4.69, 9.17) is 5.26 Å². The van der Waals surface area contributed by atoms with Gasteiger partial charge in [-0.25, -0.2) is 0 Å². The number of nitrogens with one attached hydrogen (secondary N) is 1. The number of nitriles is 1. The van der Waals surface area contributed by atoms with Gasteiger partial charge in [-0.05, 0) is 24.6 Å². The van der Waals surface area contributed by atoms with Crippen LogP contribution in [0.15, 0.2) is 30.9 Å². The molecule has 0 aliphatic rings. The fourth-order valence-corrected chi connectivity index (χ4v) is 1.30. The maximum Gasteiger partial charge on any atom is 0.417 e. The van der Waals surface area contributed by atoms with Crippen LogP contribution in [0, 0.1) is 11.3 Å². The van der Waals surface area contributed by atoms with E-state index in [-0.39, 0.29) is 5.56 Å². The van der Waals surface area contributed by atoms with Gasteiger partial charge in [0.05, 0.1) is 17.2 Å². The molecule has 0 radical (unpaired) electrons. The number of rotatable bonds is 4. The number of nitrogens with zero attached hydrogens (tertiary/aromatic N) is 1. The van der Waals surface area contributed by atoms with Crippen molar-refractivity contribution in [2.45, 2.75) is 12.6 Å². The molecule has 0 aliphatic heterocycles. The molecule has 17 heavy (non-hydrogen) atoms. The van der Waals surface area contributed by atoms with Crippen LogP contribution in [0.4, 0.5) is 18.9 Å². The molecule has 5 heteroatoms. The zero-order valence-corrected chi connectivity index (χ0v) is 9.01. The predicted octanol–water partition coefficient (Wildman–Crippen LogP) is 3.57. The molecule has 0 fully saturated rings. The molecule has 0 unspecified atom stereocenters. The second kappa shape index (κ2) is 5.39. The average Bonchev–Trinajstić information content (AvgIpc) is 2.28. The van der Waals surface area contributed by atoms with Gasteiger partial charge in [0.15, 0.2) is 0 Å². The van der Waals surface area contributed by atoms with Crippen LogP contribution in [0.1, 0.15) is 17.5 Å². The van der Waals surface area contributed by atoms with E-state index in [9.17, 15) is 13.2 Å². The Morgan fingerprint density at radius 3 is 2.65 bits per heavy atom. The molecule has 1 rings (SSSR count). The SMILES string of the molecule is C=CCCNc1ccc(C#N)c(C(F)(F)F)c1. The van der Waals surface area contributed by atoms with Crippen LogP contribution in [0.25, 0.3) is 0 Å². The first-order valence-electron chi connectivity index (χ1n) is 4.95. The first-order valence-corrected chi connectivity index (χ1v) is 4.95. The molecule has 0 amide bonds. The maximum absolute atomic E-state index is 12.6. The first kappa shape index (κ1) is 13.1. The van der Waals surface area contributed by atoms with Crippen LogP contribution in [-0.4, -0.2) is 6.54 Å². The minimum absolute atomic E-state index is 0.346. The third-order valence-electron chi connectivity index (χ3n) is 2.12. The topological polar surface area (TPSA) is 35.8 Å². The van der Waals surface area contributed by atoms with Crippen LogP contribution in [-0.2, 0) is 6.18 Å². The van der Waals surface area contributed by atoms with Gasteiger partial charge in [0.1, 0.15) is 0 Å². The molecule has 1 aromatic rings. The van der Waals surface area contributed by atoms with E-state index in [1.807, 2.05) is 0 Å². The van der Waals surface area contributed by atoms with Crippen molar-refractivity contribution in [2.24, 2.45) is 0 Å². The molecule has 0 aliphatic carbocycles. The Hall–Kier alpha value is -1.96. The smallest absolute Gasteiger partial charge is 0.385 e. The van der Waals surface area contributed by atoms with E-state index < -0.39 is 11.7 Å². The van der Waals surface area contributed by atoms with Gasteiger partial charge in [0, 0.05) is 12.2 Å². The maximum atomic E-state index is 12.6. The van der Waals surface area contributed by atoms with Crippen molar-refractivity contribution in [2.75, 3.05) is 11.9 Å². The van der Waals surface area contributed by atoms with Crippen molar-refractivity contribution in [3.63, 3.8) is 0 Å². The molecular formula is C12H11F3N2. The van der Waals surface area contributed by atoms with Gasteiger partial charge in [-0.3, -0.25) is 0 Å². The van der Waals surface area contributed by atoms with Crippen molar-refractivity contribution >= 4 is 5.69 Å². The van der Waals surface area contributed by atoms with E-state index in [1.54, 1.807) is 6.08 Å². The van der Waals surface area contributed by atoms with E-state index in [0.717, 1.165) is 6.07 Å². The summed E-state index contributed by atoms with van der Waals surface area (Å²) in [6.45, 7) is 4.02. The summed E-state index contributed by atoms with van der Waals surface area (Å²) in [7, 11) is 0. The van der Waals surface area contributed by atoms with Crippen molar-refractivity contribution < 1.29 is 13.2 Å². The number of hydrogen-bond acceptors (Lipinski definition) is 2. The Morgan fingerprint density at radius 2 is 2.12 bits per heavy atom. The zero-order valence-electron chi connectivity index (χ0n) is 9.01.